The monoisotopic (exact) mass is 420 g/mol. The number of carbonyl (C=O) groups is 4. The SMILES string of the molecule is CC1CCc2ccccc2N1C(=O)CN1C(=O)NC(C)(c2cccc(C(N)=O)c2)C1=O. The van der Waals surface area contributed by atoms with Gasteiger partial charge in [-0.3, -0.25) is 19.3 Å². The Hall–Kier alpha value is -3.68. The quantitative estimate of drug-likeness (QED) is 0.736. The summed E-state index contributed by atoms with van der Waals surface area (Å²) in [7, 11) is 0. The number of nitrogens with one attached hydrogen (secondary N) is 1. The number of fused-ring (bicyclic) bond motifs is 1. The lowest BCUT2D eigenvalue weighted by molar-refractivity contribution is -0.134. The third-order valence-corrected chi connectivity index (χ3v) is 6.08. The molecule has 4 rings (SSSR count). The van der Waals surface area contributed by atoms with Gasteiger partial charge in [0.25, 0.3) is 5.91 Å². The van der Waals surface area contributed by atoms with E-state index in [9.17, 15) is 19.2 Å². The van der Waals surface area contributed by atoms with Crippen LogP contribution in [0.2, 0.25) is 0 Å². The van der Waals surface area contributed by atoms with Gasteiger partial charge in [-0.1, -0.05) is 30.3 Å². The highest BCUT2D eigenvalue weighted by atomic mass is 16.2. The van der Waals surface area contributed by atoms with E-state index in [1.807, 2.05) is 31.2 Å². The van der Waals surface area contributed by atoms with Gasteiger partial charge in [0.15, 0.2) is 0 Å². The third-order valence-electron chi connectivity index (χ3n) is 6.08. The molecule has 8 heteroatoms. The summed E-state index contributed by atoms with van der Waals surface area (Å²) in [6.07, 6.45) is 1.68. The molecule has 3 N–H and O–H groups in total. The molecule has 2 aromatic rings. The fourth-order valence-corrected chi connectivity index (χ4v) is 4.30. The first-order chi connectivity index (χ1) is 14.7. The Labute approximate surface area is 180 Å². The van der Waals surface area contributed by atoms with Crippen molar-refractivity contribution in [3.63, 3.8) is 0 Å². The highest BCUT2D eigenvalue weighted by molar-refractivity contribution is 6.11. The number of benzene rings is 2. The van der Waals surface area contributed by atoms with Gasteiger partial charge in [-0.25, -0.2) is 4.79 Å². The first-order valence-corrected chi connectivity index (χ1v) is 10.2. The number of para-hydroxylation sites is 1. The molecular weight excluding hydrogens is 396 g/mol. The van der Waals surface area contributed by atoms with Crippen LogP contribution < -0.4 is 16.0 Å². The summed E-state index contributed by atoms with van der Waals surface area (Å²) in [6, 6.07) is 13.2. The summed E-state index contributed by atoms with van der Waals surface area (Å²) in [6.45, 7) is 3.14. The van der Waals surface area contributed by atoms with Gasteiger partial charge in [-0.2, -0.15) is 0 Å². The molecule has 2 heterocycles. The maximum atomic E-state index is 13.2. The largest absolute Gasteiger partial charge is 0.366 e. The highest BCUT2D eigenvalue weighted by Crippen LogP contribution is 2.32. The van der Waals surface area contributed by atoms with E-state index in [1.54, 1.807) is 24.0 Å². The molecule has 2 aromatic carbocycles. The van der Waals surface area contributed by atoms with Crippen LogP contribution in [0.15, 0.2) is 48.5 Å². The molecule has 8 nitrogen and oxygen atoms in total. The van der Waals surface area contributed by atoms with Crippen molar-refractivity contribution in [1.82, 2.24) is 10.2 Å². The van der Waals surface area contributed by atoms with Crippen molar-refractivity contribution in [3.8, 4) is 0 Å². The van der Waals surface area contributed by atoms with Crippen molar-refractivity contribution in [2.45, 2.75) is 38.3 Å². The van der Waals surface area contributed by atoms with E-state index in [2.05, 4.69) is 5.32 Å². The van der Waals surface area contributed by atoms with E-state index in [1.165, 1.54) is 12.1 Å². The Balaban J connectivity index is 1.60. The van der Waals surface area contributed by atoms with Crippen LogP contribution in [0, 0.1) is 0 Å². The Morgan fingerprint density at radius 2 is 1.90 bits per heavy atom. The van der Waals surface area contributed by atoms with E-state index in [-0.39, 0.29) is 24.1 Å². The van der Waals surface area contributed by atoms with Crippen LogP contribution in [0.4, 0.5) is 10.5 Å². The smallest absolute Gasteiger partial charge is 0.325 e. The van der Waals surface area contributed by atoms with Gasteiger partial charge in [-0.15, -0.1) is 0 Å². The summed E-state index contributed by atoms with van der Waals surface area (Å²) >= 11 is 0. The summed E-state index contributed by atoms with van der Waals surface area (Å²) in [5.74, 6) is -1.50. The molecule has 2 unspecified atom stereocenters. The maximum Gasteiger partial charge on any atom is 0.325 e. The van der Waals surface area contributed by atoms with Crippen molar-refractivity contribution in [1.29, 1.82) is 0 Å². The minimum absolute atomic E-state index is 0.0400. The van der Waals surface area contributed by atoms with Gasteiger partial charge >= 0.3 is 6.03 Å². The van der Waals surface area contributed by atoms with Crippen molar-refractivity contribution in [2.75, 3.05) is 11.4 Å². The van der Waals surface area contributed by atoms with Crippen LogP contribution in [-0.4, -0.2) is 41.2 Å². The van der Waals surface area contributed by atoms with Crippen LogP contribution in [0.3, 0.4) is 0 Å². The fourth-order valence-electron chi connectivity index (χ4n) is 4.30. The van der Waals surface area contributed by atoms with Gasteiger partial charge in [-0.05, 0) is 56.0 Å². The van der Waals surface area contributed by atoms with Gasteiger partial charge in [0.2, 0.25) is 11.8 Å². The summed E-state index contributed by atoms with van der Waals surface area (Å²) < 4.78 is 0. The number of imide groups is 1. The molecule has 0 radical (unpaired) electrons. The topological polar surface area (TPSA) is 113 Å². The fraction of sp³-hybridized carbons (Fsp3) is 0.304. The Morgan fingerprint density at radius 1 is 1.16 bits per heavy atom. The Bertz CT molecular complexity index is 1100. The zero-order chi connectivity index (χ0) is 22.3. The van der Waals surface area contributed by atoms with Crippen LogP contribution >= 0.6 is 0 Å². The molecule has 160 valence electrons. The highest BCUT2D eigenvalue weighted by Gasteiger charge is 2.50. The summed E-state index contributed by atoms with van der Waals surface area (Å²) in [5, 5.41) is 2.67. The van der Waals surface area contributed by atoms with Crippen LogP contribution in [0.25, 0.3) is 0 Å². The number of rotatable bonds is 4. The number of anilines is 1. The van der Waals surface area contributed by atoms with Crippen molar-refractivity contribution >= 4 is 29.4 Å². The Morgan fingerprint density at radius 3 is 2.65 bits per heavy atom. The van der Waals surface area contributed by atoms with Crippen LogP contribution in [0.5, 0.6) is 0 Å². The lowest BCUT2D eigenvalue weighted by Gasteiger charge is -2.36. The molecule has 0 aliphatic carbocycles. The van der Waals surface area contributed by atoms with E-state index in [0.29, 0.717) is 5.56 Å². The lowest BCUT2D eigenvalue weighted by atomic mass is 9.90. The van der Waals surface area contributed by atoms with E-state index in [0.717, 1.165) is 29.0 Å². The average molecular weight is 420 g/mol. The number of primary amides is 1. The van der Waals surface area contributed by atoms with E-state index in [4.69, 9.17) is 5.73 Å². The predicted molar refractivity (Wildman–Crippen MR) is 114 cm³/mol. The number of aryl methyl sites for hydroxylation is 1. The second-order valence-electron chi connectivity index (χ2n) is 8.17. The van der Waals surface area contributed by atoms with E-state index < -0.39 is 23.4 Å². The van der Waals surface area contributed by atoms with Gasteiger partial charge in [0, 0.05) is 17.3 Å². The van der Waals surface area contributed by atoms with Gasteiger partial charge in [0.05, 0.1) is 0 Å². The predicted octanol–water partition coefficient (Wildman–Crippen LogP) is 1.92. The first-order valence-electron chi connectivity index (χ1n) is 10.2. The maximum absolute atomic E-state index is 13.2. The molecule has 31 heavy (non-hydrogen) atoms. The second-order valence-corrected chi connectivity index (χ2v) is 8.17. The number of hydrogen-bond donors (Lipinski definition) is 2. The minimum Gasteiger partial charge on any atom is -0.366 e. The van der Waals surface area contributed by atoms with Gasteiger partial charge in [0.1, 0.15) is 12.1 Å². The number of carbonyl (C=O) groups excluding carboxylic acids is 4. The molecule has 2 atom stereocenters. The summed E-state index contributed by atoms with van der Waals surface area (Å²) in [4.78, 5) is 53.2. The molecule has 1 fully saturated rings. The molecular formula is C23H24N4O4. The molecule has 2 aliphatic heterocycles. The number of nitrogens with two attached hydrogens (primary N) is 1. The zero-order valence-electron chi connectivity index (χ0n) is 17.4. The van der Waals surface area contributed by atoms with Crippen molar-refractivity contribution < 1.29 is 19.2 Å². The van der Waals surface area contributed by atoms with Crippen molar-refractivity contribution in [2.24, 2.45) is 5.73 Å². The molecule has 0 aromatic heterocycles. The second kappa shape index (κ2) is 7.54. The number of amides is 5. The van der Waals surface area contributed by atoms with Gasteiger partial charge < -0.3 is 16.0 Å². The number of hydrogen-bond acceptors (Lipinski definition) is 4. The molecule has 0 bridgehead atoms. The number of nitrogens with zero attached hydrogens (tertiary/aromatic N) is 2. The van der Waals surface area contributed by atoms with E-state index >= 15 is 0 Å². The lowest BCUT2D eigenvalue weighted by Crippen LogP contribution is -2.49. The average Bonchev–Trinajstić information content (AvgIpc) is 2.97. The van der Waals surface area contributed by atoms with Crippen molar-refractivity contribution in [3.05, 3.63) is 65.2 Å². The molecule has 1 saturated heterocycles. The molecule has 2 aliphatic rings. The standard InChI is InChI=1S/C23H24N4O4/c1-14-10-11-15-6-3-4-9-18(15)27(14)19(28)13-26-21(30)23(2,25-22(26)31)17-8-5-7-16(12-17)20(24)29/h3-9,12,14H,10-11,13H2,1-2H3,(H2,24,29)(H,25,31). The third kappa shape index (κ3) is 3.43. The molecule has 0 spiro atoms. The zero-order valence-corrected chi connectivity index (χ0v) is 17.4. The van der Waals surface area contributed by atoms with Crippen LogP contribution in [0.1, 0.15) is 41.8 Å². The number of urea groups is 1. The summed E-state index contributed by atoms with van der Waals surface area (Å²) in [5.41, 5.74) is 6.49. The molecule has 5 amide bonds. The Kier molecular flexibility index (Phi) is 5.00. The molecule has 0 saturated carbocycles. The van der Waals surface area contributed by atoms with Crippen LogP contribution in [-0.2, 0) is 21.5 Å². The first kappa shape index (κ1) is 20.6. The normalized spacial score (nSPS) is 22.8. The minimum atomic E-state index is -1.39.